The van der Waals surface area contributed by atoms with E-state index >= 15 is 0 Å². The molecule has 1 heterocycles. The highest BCUT2D eigenvalue weighted by Crippen LogP contribution is 2.29. The van der Waals surface area contributed by atoms with E-state index in [2.05, 4.69) is 9.82 Å². The average Bonchev–Trinajstić information content (AvgIpc) is 3.26. The minimum Gasteiger partial charge on any atom is -0.484 e. The summed E-state index contributed by atoms with van der Waals surface area (Å²) >= 11 is 0. The van der Waals surface area contributed by atoms with Gasteiger partial charge < -0.3 is 4.74 Å². The molecule has 8 heteroatoms. The highest BCUT2D eigenvalue weighted by molar-refractivity contribution is 7.90. The van der Waals surface area contributed by atoms with Gasteiger partial charge in [-0.15, -0.1) is 0 Å². The summed E-state index contributed by atoms with van der Waals surface area (Å²) in [5.41, 5.74) is 2.47. The summed E-state index contributed by atoms with van der Waals surface area (Å²) in [7, 11) is -3.50. The Hall–Kier alpha value is -3.23. The third kappa shape index (κ3) is 5.71. The molecular weight excluding hydrogens is 465 g/mol. The smallest absolute Gasteiger partial charge is 0.214 e. The number of rotatable bonds is 10. The maximum atomic E-state index is 13.3. The van der Waals surface area contributed by atoms with Crippen molar-refractivity contribution in [3.8, 4) is 11.4 Å². The molecule has 6 nitrogen and oxygen atoms in total. The Morgan fingerprint density at radius 2 is 1.74 bits per heavy atom. The SMILES string of the molecule is CCCC(C)S(=O)(=O)N[C@@H](C)[C@@H](Oc1ccc2c(cnn2-c2ccc(F)cc2)c1)c1ccccc1. The number of sulfonamides is 1. The largest absolute Gasteiger partial charge is 0.484 e. The third-order valence-corrected chi connectivity index (χ3v) is 8.03. The highest BCUT2D eigenvalue weighted by atomic mass is 32.2. The number of nitrogens with zero attached hydrogens (tertiary/aromatic N) is 2. The first kappa shape index (κ1) is 24.9. The van der Waals surface area contributed by atoms with Crippen LogP contribution >= 0.6 is 0 Å². The van der Waals surface area contributed by atoms with E-state index in [0.717, 1.165) is 28.6 Å². The quantitative estimate of drug-likeness (QED) is 0.303. The van der Waals surface area contributed by atoms with Crippen molar-refractivity contribution in [3.05, 3.63) is 90.4 Å². The summed E-state index contributed by atoms with van der Waals surface area (Å²) in [6.45, 7) is 5.52. The van der Waals surface area contributed by atoms with Crippen LogP contribution in [0, 0.1) is 5.82 Å². The van der Waals surface area contributed by atoms with Crippen molar-refractivity contribution in [2.24, 2.45) is 0 Å². The van der Waals surface area contributed by atoms with Crippen molar-refractivity contribution in [1.82, 2.24) is 14.5 Å². The van der Waals surface area contributed by atoms with Crippen molar-refractivity contribution in [2.45, 2.75) is 51.0 Å². The predicted octanol–water partition coefficient (Wildman–Crippen LogP) is 5.78. The molecule has 0 spiro atoms. The van der Waals surface area contributed by atoms with Gasteiger partial charge in [0.15, 0.2) is 0 Å². The van der Waals surface area contributed by atoms with Crippen LogP contribution in [0.4, 0.5) is 4.39 Å². The van der Waals surface area contributed by atoms with Crippen molar-refractivity contribution < 1.29 is 17.5 Å². The van der Waals surface area contributed by atoms with Gasteiger partial charge in [-0.1, -0.05) is 43.7 Å². The summed E-state index contributed by atoms with van der Waals surface area (Å²) < 4.78 is 50.0. The van der Waals surface area contributed by atoms with E-state index in [4.69, 9.17) is 4.74 Å². The van der Waals surface area contributed by atoms with E-state index in [-0.39, 0.29) is 5.82 Å². The Kier molecular flexibility index (Phi) is 7.52. The van der Waals surface area contributed by atoms with Crippen LogP contribution in [0.1, 0.15) is 45.3 Å². The van der Waals surface area contributed by atoms with Gasteiger partial charge in [0.2, 0.25) is 10.0 Å². The Bertz CT molecular complexity index is 1370. The summed E-state index contributed by atoms with van der Waals surface area (Å²) in [5.74, 6) is 0.291. The minimum atomic E-state index is -3.50. The van der Waals surface area contributed by atoms with Gasteiger partial charge >= 0.3 is 0 Å². The normalized spacial score (nSPS) is 14.5. The lowest BCUT2D eigenvalue weighted by molar-refractivity contribution is 0.173. The van der Waals surface area contributed by atoms with Crippen LogP contribution < -0.4 is 9.46 Å². The average molecular weight is 496 g/mol. The van der Waals surface area contributed by atoms with Gasteiger partial charge in [-0.3, -0.25) is 0 Å². The van der Waals surface area contributed by atoms with Gasteiger partial charge in [-0.25, -0.2) is 22.2 Å². The van der Waals surface area contributed by atoms with Gasteiger partial charge in [0.05, 0.1) is 28.7 Å². The maximum Gasteiger partial charge on any atom is 0.214 e. The first-order valence-corrected chi connectivity index (χ1v) is 13.3. The first-order chi connectivity index (χ1) is 16.8. The number of hydrogen-bond donors (Lipinski definition) is 1. The molecule has 0 aliphatic heterocycles. The molecule has 1 N–H and O–H groups in total. The van der Waals surface area contributed by atoms with Crippen LogP contribution in [-0.4, -0.2) is 29.5 Å². The molecule has 0 radical (unpaired) electrons. The van der Waals surface area contributed by atoms with Crippen LogP contribution in [0.25, 0.3) is 16.6 Å². The van der Waals surface area contributed by atoms with E-state index < -0.39 is 27.4 Å². The molecule has 0 bridgehead atoms. The van der Waals surface area contributed by atoms with Crippen molar-refractivity contribution in [1.29, 1.82) is 0 Å². The van der Waals surface area contributed by atoms with Gasteiger partial charge in [0.1, 0.15) is 17.7 Å². The number of hydrogen-bond acceptors (Lipinski definition) is 4. The monoisotopic (exact) mass is 495 g/mol. The molecule has 0 saturated heterocycles. The molecule has 184 valence electrons. The van der Waals surface area contributed by atoms with E-state index in [9.17, 15) is 12.8 Å². The second kappa shape index (κ2) is 10.6. The molecular formula is C27H30FN3O3S. The van der Waals surface area contributed by atoms with Gasteiger partial charge in [-0.05, 0) is 68.3 Å². The number of fused-ring (bicyclic) bond motifs is 1. The molecule has 1 aromatic heterocycles. The zero-order valence-corrected chi connectivity index (χ0v) is 20.9. The fourth-order valence-corrected chi connectivity index (χ4v) is 5.54. The molecule has 3 aromatic carbocycles. The summed E-state index contributed by atoms with van der Waals surface area (Å²) in [6, 6.07) is 20.8. The Morgan fingerprint density at radius 3 is 2.43 bits per heavy atom. The fraction of sp³-hybridized carbons (Fsp3) is 0.296. The third-order valence-electron chi connectivity index (χ3n) is 6.03. The standard InChI is InChI=1S/C27H30FN3O3S/c1-4-8-19(2)35(32,33)30-20(3)27(21-9-6-5-7-10-21)34-25-15-16-26-22(17-25)18-29-31(26)24-13-11-23(28)12-14-24/h5-7,9-20,27,30H,4,8H2,1-3H3/t19?,20-,27+/m0/s1. The number of nitrogens with one attached hydrogen (secondary N) is 1. The Morgan fingerprint density at radius 1 is 1.03 bits per heavy atom. The maximum absolute atomic E-state index is 13.3. The molecule has 0 saturated carbocycles. The van der Waals surface area contributed by atoms with Crippen molar-refractivity contribution in [2.75, 3.05) is 0 Å². The van der Waals surface area contributed by atoms with E-state index in [1.165, 1.54) is 12.1 Å². The van der Waals surface area contributed by atoms with Gasteiger partial charge in [0.25, 0.3) is 0 Å². The lowest BCUT2D eigenvalue weighted by Gasteiger charge is -2.27. The summed E-state index contributed by atoms with van der Waals surface area (Å²) in [6.07, 6.45) is 2.57. The van der Waals surface area contributed by atoms with Crippen LogP contribution in [0.2, 0.25) is 0 Å². The van der Waals surface area contributed by atoms with Crippen LogP contribution in [0.3, 0.4) is 0 Å². The topological polar surface area (TPSA) is 73.2 Å². The van der Waals surface area contributed by atoms with Crippen LogP contribution in [0.15, 0.2) is 79.0 Å². The van der Waals surface area contributed by atoms with E-state index in [0.29, 0.717) is 12.2 Å². The number of halogens is 1. The van der Waals surface area contributed by atoms with E-state index in [1.807, 2.05) is 62.4 Å². The van der Waals surface area contributed by atoms with Crippen LogP contribution in [-0.2, 0) is 10.0 Å². The highest BCUT2D eigenvalue weighted by Gasteiger charge is 2.28. The Balaban J connectivity index is 1.62. The second-order valence-electron chi connectivity index (χ2n) is 8.75. The number of ether oxygens (including phenoxy) is 1. The van der Waals surface area contributed by atoms with Crippen molar-refractivity contribution in [3.63, 3.8) is 0 Å². The molecule has 3 atom stereocenters. The summed E-state index contributed by atoms with van der Waals surface area (Å²) in [5, 5.41) is 4.81. The van der Waals surface area contributed by atoms with Crippen molar-refractivity contribution >= 4 is 20.9 Å². The molecule has 4 aromatic rings. The number of benzene rings is 3. The van der Waals surface area contributed by atoms with Gasteiger partial charge in [-0.2, -0.15) is 5.10 Å². The molecule has 35 heavy (non-hydrogen) atoms. The van der Waals surface area contributed by atoms with Gasteiger partial charge in [0, 0.05) is 5.39 Å². The Labute approximate surface area is 205 Å². The lowest BCUT2D eigenvalue weighted by Crippen LogP contribution is -2.43. The lowest BCUT2D eigenvalue weighted by atomic mass is 10.0. The zero-order chi connectivity index (χ0) is 25.0. The van der Waals surface area contributed by atoms with E-state index in [1.54, 1.807) is 29.9 Å². The zero-order valence-electron chi connectivity index (χ0n) is 20.1. The molecule has 0 fully saturated rings. The second-order valence-corrected chi connectivity index (χ2v) is 10.9. The fourth-order valence-electron chi connectivity index (χ4n) is 4.12. The van der Waals surface area contributed by atoms with Crippen LogP contribution in [0.5, 0.6) is 5.75 Å². The molecule has 1 unspecified atom stereocenters. The predicted molar refractivity (Wildman–Crippen MR) is 137 cm³/mol. The number of aromatic nitrogens is 2. The molecule has 4 rings (SSSR count). The molecule has 0 aliphatic rings. The molecule has 0 aliphatic carbocycles. The summed E-state index contributed by atoms with van der Waals surface area (Å²) in [4.78, 5) is 0. The minimum absolute atomic E-state index is 0.304. The molecule has 0 amide bonds. The first-order valence-electron chi connectivity index (χ1n) is 11.7.